The normalized spacial score (nSPS) is 19.4. The molecule has 28 heavy (non-hydrogen) atoms. The van der Waals surface area contributed by atoms with Crippen LogP contribution in [-0.2, 0) is 16.6 Å². The van der Waals surface area contributed by atoms with Crippen molar-refractivity contribution >= 4 is 16.0 Å². The first-order valence-corrected chi connectivity index (χ1v) is 11.8. The molecular formula is C20H32N4O3S. The third-order valence-corrected chi connectivity index (χ3v) is 7.25. The summed E-state index contributed by atoms with van der Waals surface area (Å²) in [7, 11) is -1.34. The van der Waals surface area contributed by atoms with Crippen LogP contribution in [0.15, 0.2) is 29.3 Å². The van der Waals surface area contributed by atoms with Gasteiger partial charge in [0.05, 0.1) is 12.4 Å². The number of nitrogens with zero attached hydrogens (tertiary/aromatic N) is 2. The van der Waals surface area contributed by atoms with Gasteiger partial charge in [0.2, 0.25) is 10.0 Å². The molecule has 1 aliphatic carbocycles. The molecule has 0 amide bonds. The van der Waals surface area contributed by atoms with Crippen LogP contribution in [0.2, 0.25) is 0 Å². The number of rotatable bonds is 8. The van der Waals surface area contributed by atoms with E-state index in [1.165, 1.54) is 12.8 Å². The lowest BCUT2D eigenvalue weighted by atomic mass is 10.1. The van der Waals surface area contributed by atoms with Crippen LogP contribution in [0, 0.1) is 5.92 Å². The summed E-state index contributed by atoms with van der Waals surface area (Å²) in [5.74, 6) is 2.54. The minimum absolute atomic E-state index is 0.163. The molecule has 0 unspecified atom stereocenters. The van der Waals surface area contributed by atoms with Crippen molar-refractivity contribution in [3.05, 3.63) is 29.8 Å². The van der Waals surface area contributed by atoms with Crippen molar-refractivity contribution in [1.82, 2.24) is 14.9 Å². The minimum Gasteiger partial charge on any atom is -0.493 e. The maximum Gasteiger partial charge on any atom is 0.213 e. The Kier molecular flexibility index (Phi) is 7.18. The van der Waals surface area contributed by atoms with Crippen LogP contribution in [0.4, 0.5) is 0 Å². The van der Waals surface area contributed by atoms with E-state index in [1.54, 1.807) is 18.3 Å². The van der Waals surface area contributed by atoms with Crippen molar-refractivity contribution in [3.63, 3.8) is 0 Å². The highest BCUT2D eigenvalue weighted by atomic mass is 32.2. The second-order valence-electron chi connectivity index (χ2n) is 7.51. The van der Waals surface area contributed by atoms with Crippen molar-refractivity contribution in [2.45, 2.75) is 45.2 Å². The Morgan fingerprint density at radius 1 is 1.21 bits per heavy atom. The smallest absolute Gasteiger partial charge is 0.213 e. The average molecular weight is 409 g/mol. The van der Waals surface area contributed by atoms with Crippen LogP contribution in [0.1, 0.15) is 38.2 Å². The average Bonchev–Trinajstić information content (AvgIpc) is 3.55. The second-order valence-corrected chi connectivity index (χ2v) is 9.76. The monoisotopic (exact) mass is 408 g/mol. The third kappa shape index (κ3) is 5.85. The number of guanidine groups is 1. The number of hydrogen-bond acceptors (Lipinski definition) is 4. The van der Waals surface area contributed by atoms with E-state index in [9.17, 15) is 8.42 Å². The topological polar surface area (TPSA) is 83.0 Å². The maximum absolute atomic E-state index is 12.0. The summed E-state index contributed by atoms with van der Waals surface area (Å²) in [6, 6.07) is 8.31. The van der Waals surface area contributed by atoms with Crippen molar-refractivity contribution < 1.29 is 13.2 Å². The first-order chi connectivity index (χ1) is 13.5. The van der Waals surface area contributed by atoms with Gasteiger partial charge in [-0.25, -0.2) is 12.7 Å². The van der Waals surface area contributed by atoms with Gasteiger partial charge in [0.1, 0.15) is 5.75 Å². The molecule has 2 N–H and O–H groups in total. The van der Waals surface area contributed by atoms with Crippen molar-refractivity contribution in [1.29, 1.82) is 0 Å². The van der Waals surface area contributed by atoms with Gasteiger partial charge < -0.3 is 15.4 Å². The first-order valence-electron chi connectivity index (χ1n) is 10.2. The van der Waals surface area contributed by atoms with Gasteiger partial charge in [0.15, 0.2) is 5.96 Å². The molecule has 0 spiro atoms. The van der Waals surface area contributed by atoms with Gasteiger partial charge in [0, 0.05) is 38.3 Å². The predicted octanol–water partition coefficient (Wildman–Crippen LogP) is 1.95. The summed E-state index contributed by atoms with van der Waals surface area (Å²) in [5, 5.41) is 6.78. The van der Waals surface area contributed by atoms with Gasteiger partial charge in [-0.15, -0.1) is 0 Å². The fraction of sp³-hybridized carbons (Fsp3) is 0.650. The van der Waals surface area contributed by atoms with Crippen LogP contribution in [0.5, 0.6) is 5.75 Å². The Bertz CT molecular complexity index is 769. The second kappa shape index (κ2) is 9.60. The summed E-state index contributed by atoms with van der Waals surface area (Å²) in [4.78, 5) is 4.32. The Balaban J connectivity index is 1.48. The number of aliphatic imine (C=N–C) groups is 1. The number of piperidine rings is 1. The molecule has 0 atom stereocenters. The predicted molar refractivity (Wildman–Crippen MR) is 112 cm³/mol. The number of para-hydroxylation sites is 1. The van der Waals surface area contributed by atoms with Crippen LogP contribution < -0.4 is 15.4 Å². The highest BCUT2D eigenvalue weighted by Crippen LogP contribution is 2.30. The number of benzene rings is 1. The number of nitrogens with one attached hydrogen (secondary N) is 2. The van der Waals surface area contributed by atoms with Gasteiger partial charge in [0.25, 0.3) is 0 Å². The number of hydrogen-bond donors (Lipinski definition) is 2. The van der Waals surface area contributed by atoms with Gasteiger partial charge in [-0.05, 0) is 44.6 Å². The Hall–Kier alpha value is -1.80. The van der Waals surface area contributed by atoms with Gasteiger partial charge in [-0.1, -0.05) is 18.2 Å². The van der Waals surface area contributed by atoms with Crippen molar-refractivity contribution in [2.75, 3.05) is 32.5 Å². The first kappa shape index (κ1) is 20.9. The Labute approximate surface area is 168 Å². The largest absolute Gasteiger partial charge is 0.493 e. The summed E-state index contributed by atoms with van der Waals surface area (Å²) in [6.45, 7) is 4.23. The fourth-order valence-electron chi connectivity index (χ4n) is 3.31. The van der Waals surface area contributed by atoms with E-state index in [1.807, 2.05) is 18.2 Å². The third-order valence-electron chi connectivity index (χ3n) is 5.37. The highest BCUT2D eigenvalue weighted by molar-refractivity contribution is 7.89. The van der Waals surface area contributed by atoms with Gasteiger partial charge in [-0.2, -0.15) is 0 Å². The molecule has 1 aromatic carbocycles. The molecule has 8 heteroatoms. The van der Waals surface area contributed by atoms with E-state index < -0.39 is 10.0 Å². The molecule has 0 radical (unpaired) electrons. The van der Waals surface area contributed by atoms with E-state index in [4.69, 9.17) is 4.74 Å². The highest BCUT2D eigenvalue weighted by Gasteiger charge is 2.27. The molecule has 1 aliphatic heterocycles. The molecular weight excluding hydrogens is 376 g/mol. The molecule has 1 heterocycles. The van der Waals surface area contributed by atoms with E-state index >= 15 is 0 Å². The van der Waals surface area contributed by atoms with Gasteiger partial charge in [-0.3, -0.25) is 4.99 Å². The summed E-state index contributed by atoms with van der Waals surface area (Å²) >= 11 is 0. The molecule has 7 nitrogen and oxygen atoms in total. The summed E-state index contributed by atoms with van der Waals surface area (Å²) in [6.07, 6.45) is 4.10. The van der Waals surface area contributed by atoms with Crippen LogP contribution in [0.25, 0.3) is 0 Å². The summed E-state index contributed by atoms with van der Waals surface area (Å²) < 4.78 is 31.5. The summed E-state index contributed by atoms with van der Waals surface area (Å²) in [5.41, 5.74) is 1.11. The zero-order chi connectivity index (χ0) is 20.0. The molecule has 156 valence electrons. The standard InChI is InChI=1S/C20H32N4O3S/c1-3-28(25,26)24-12-10-18(11-13-24)23-20(21-2)22-14-17-6-4-5-7-19(17)27-15-16-8-9-16/h4-7,16,18H,3,8-15H2,1-2H3,(H2,21,22,23). The van der Waals surface area contributed by atoms with Crippen molar-refractivity contribution in [3.8, 4) is 5.75 Å². The zero-order valence-electron chi connectivity index (χ0n) is 16.9. The SMILES string of the molecule is CCS(=O)(=O)N1CCC(NC(=NC)NCc2ccccc2OCC2CC2)CC1. The van der Waals surface area contributed by atoms with Crippen LogP contribution >= 0.6 is 0 Å². The Morgan fingerprint density at radius 3 is 2.57 bits per heavy atom. The fourth-order valence-corrected chi connectivity index (χ4v) is 4.44. The number of ether oxygens (including phenoxy) is 1. The molecule has 2 fully saturated rings. The molecule has 0 aromatic heterocycles. The van der Waals surface area contributed by atoms with E-state index in [0.29, 0.717) is 19.6 Å². The van der Waals surface area contributed by atoms with Crippen LogP contribution in [-0.4, -0.2) is 57.2 Å². The molecule has 1 saturated heterocycles. The molecule has 1 saturated carbocycles. The Morgan fingerprint density at radius 2 is 1.93 bits per heavy atom. The van der Waals surface area contributed by atoms with E-state index in [2.05, 4.69) is 21.7 Å². The lowest BCUT2D eigenvalue weighted by Crippen LogP contribution is -2.49. The van der Waals surface area contributed by atoms with E-state index in [0.717, 1.165) is 42.6 Å². The van der Waals surface area contributed by atoms with E-state index in [-0.39, 0.29) is 11.8 Å². The lowest BCUT2D eigenvalue weighted by molar-refractivity contribution is 0.296. The lowest BCUT2D eigenvalue weighted by Gasteiger charge is -2.32. The van der Waals surface area contributed by atoms with Crippen LogP contribution in [0.3, 0.4) is 0 Å². The number of sulfonamides is 1. The zero-order valence-corrected chi connectivity index (χ0v) is 17.7. The molecule has 1 aromatic rings. The minimum atomic E-state index is -3.09. The maximum atomic E-state index is 12.0. The molecule has 0 bridgehead atoms. The quantitative estimate of drug-likeness (QED) is 0.507. The van der Waals surface area contributed by atoms with Gasteiger partial charge >= 0.3 is 0 Å². The van der Waals surface area contributed by atoms with Crippen molar-refractivity contribution in [2.24, 2.45) is 10.9 Å². The molecule has 3 rings (SSSR count). The molecule has 2 aliphatic rings.